The van der Waals surface area contributed by atoms with Gasteiger partial charge in [-0.1, -0.05) is 13.0 Å². The standard InChI is InChI=1S/C26H32FN7O/c1-6-8-21(35-5)24(19(3)27)26-28-15-18(2)25(31-26)20-16-29-34(17-20)23-10-7-9-22(30-23)33-13-11-32(4)12-14-33/h7-10,15-17H,6,11-14H2,1-5H3/b21-8+,24-19-. The first kappa shape index (κ1) is 24.5. The molecule has 9 heteroatoms. The summed E-state index contributed by atoms with van der Waals surface area (Å²) >= 11 is 0. The molecule has 0 N–H and O–H groups in total. The van der Waals surface area contributed by atoms with Crippen LogP contribution in [0.15, 0.2) is 54.5 Å². The maximum atomic E-state index is 14.5. The molecule has 0 aromatic carbocycles. The summed E-state index contributed by atoms with van der Waals surface area (Å²) in [5, 5.41) is 4.54. The fourth-order valence-electron chi connectivity index (χ4n) is 4.08. The van der Waals surface area contributed by atoms with Gasteiger partial charge in [-0.15, -0.1) is 0 Å². The highest BCUT2D eigenvalue weighted by molar-refractivity contribution is 5.76. The van der Waals surface area contributed by atoms with Crippen molar-refractivity contribution < 1.29 is 9.13 Å². The maximum absolute atomic E-state index is 14.5. The Balaban J connectivity index is 1.66. The number of halogens is 1. The Kier molecular flexibility index (Phi) is 7.55. The molecule has 0 radical (unpaired) electrons. The lowest BCUT2D eigenvalue weighted by atomic mass is 10.1. The minimum Gasteiger partial charge on any atom is -0.496 e. The predicted octanol–water partition coefficient (Wildman–Crippen LogP) is 4.43. The van der Waals surface area contributed by atoms with E-state index in [2.05, 4.69) is 26.9 Å². The third-order valence-electron chi connectivity index (χ3n) is 6.03. The SMILES string of the molecule is CC/C=C(OC)\C(=C(/C)F)c1ncc(C)c(-c2cnn(-c3cccc(N4CCN(C)CC4)n3)c2)n1. The number of hydrogen-bond donors (Lipinski definition) is 0. The van der Waals surface area contributed by atoms with Gasteiger partial charge in [0.15, 0.2) is 11.6 Å². The van der Waals surface area contributed by atoms with Crippen molar-refractivity contribution in [2.45, 2.75) is 27.2 Å². The summed E-state index contributed by atoms with van der Waals surface area (Å²) in [5.74, 6) is 1.96. The van der Waals surface area contributed by atoms with Crippen molar-refractivity contribution in [2.75, 3.05) is 45.2 Å². The van der Waals surface area contributed by atoms with Gasteiger partial charge in [-0.3, -0.25) is 0 Å². The van der Waals surface area contributed by atoms with Crippen LogP contribution >= 0.6 is 0 Å². The third-order valence-corrected chi connectivity index (χ3v) is 6.03. The van der Waals surface area contributed by atoms with Gasteiger partial charge in [-0.05, 0) is 51.1 Å². The first-order valence-corrected chi connectivity index (χ1v) is 11.8. The van der Waals surface area contributed by atoms with Crippen molar-refractivity contribution in [1.29, 1.82) is 0 Å². The summed E-state index contributed by atoms with van der Waals surface area (Å²) in [4.78, 5) is 18.5. The summed E-state index contributed by atoms with van der Waals surface area (Å²) in [7, 11) is 3.66. The van der Waals surface area contributed by atoms with Gasteiger partial charge in [0.1, 0.15) is 17.4 Å². The van der Waals surface area contributed by atoms with Crippen LogP contribution in [0.5, 0.6) is 0 Å². The summed E-state index contributed by atoms with van der Waals surface area (Å²) in [5.41, 5.74) is 2.60. The summed E-state index contributed by atoms with van der Waals surface area (Å²) in [6.45, 7) is 9.19. The van der Waals surface area contributed by atoms with Gasteiger partial charge in [0.25, 0.3) is 0 Å². The predicted molar refractivity (Wildman–Crippen MR) is 136 cm³/mol. The van der Waals surface area contributed by atoms with E-state index in [-0.39, 0.29) is 11.4 Å². The molecule has 1 fully saturated rings. The van der Waals surface area contributed by atoms with Gasteiger partial charge in [-0.25, -0.2) is 24.0 Å². The average Bonchev–Trinajstić information content (AvgIpc) is 3.35. The second-order valence-electron chi connectivity index (χ2n) is 8.63. The molecule has 0 saturated carbocycles. The first-order chi connectivity index (χ1) is 16.9. The zero-order valence-corrected chi connectivity index (χ0v) is 21.0. The van der Waals surface area contributed by atoms with E-state index >= 15 is 0 Å². The van der Waals surface area contributed by atoms with Crippen molar-refractivity contribution in [1.82, 2.24) is 29.6 Å². The minimum atomic E-state index is -0.401. The molecule has 0 atom stereocenters. The van der Waals surface area contributed by atoms with E-state index in [1.807, 2.05) is 44.3 Å². The minimum absolute atomic E-state index is 0.254. The molecule has 184 valence electrons. The highest BCUT2D eigenvalue weighted by Crippen LogP contribution is 2.29. The molecule has 3 aromatic heterocycles. The monoisotopic (exact) mass is 477 g/mol. The van der Waals surface area contributed by atoms with Crippen LogP contribution in [0.25, 0.3) is 22.6 Å². The lowest BCUT2D eigenvalue weighted by molar-refractivity contribution is 0.307. The number of anilines is 1. The quantitative estimate of drug-likeness (QED) is 0.368. The van der Waals surface area contributed by atoms with Gasteiger partial charge in [-0.2, -0.15) is 5.10 Å². The summed E-state index contributed by atoms with van der Waals surface area (Å²) in [6.07, 6.45) is 7.85. The Morgan fingerprint density at radius 3 is 2.54 bits per heavy atom. The maximum Gasteiger partial charge on any atom is 0.166 e. The normalized spacial score (nSPS) is 15.8. The summed E-state index contributed by atoms with van der Waals surface area (Å²) < 4.78 is 21.7. The second-order valence-corrected chi connectivity index (χ2v) is 8.63. The molecule has 1 aliphatic heterocycles. The lowest BCUT2D eigenvalue weighted by Crippen LogP contribution is -2.44. The van der Waals surface area contributed by atoms with E-state index in [1.54, 1.807) is 17.1 Å². The highest BCUT2D eigenvalue weighted by atomic mass is 19.1. The lowest BCUT2D eigenvalue weighted by Gasteiger charge is -2.33. The molecule has 0 unspecified atom stereocenters. The van der Waals surface area contributed by atoms with E-state index in [9.17, 15) is 4.39 Å². The number of allylic oxidation sites excluding steroid dienone is 3. The molecule has 1 aliphatic rings. The first-order valence-electron chi connectivity index (χ1n) is 11.8. The molecule has 3 aromatic rings. The number of ether oxygens (including phenoxy) is 1. The molecule has 0 amide bonds. The largest absolute Gasteiger partial charge is 0.496 e. The Bertz CT molecular complexity index is 1240. The van der Waals surface area contributed by atoms with Gasteiger partial charge in [0, 0.05) is 44.1 Å². The molecule has 1 saturated heterocycles. The van der Waals surface area contributed by atoms with Crippen LogP contribution < -0.4 is 4.90 Å². The molecule has 4 rings (SSSR count). The Labute approximate surface area is 205 Å². The molecule has 4 heterocycles. The molecular formula is C26H32FN7O. The van der Waals surface area contributed by atoms with Crippen LogP contribution in [-0.2, 0) is 4.74 Å². The van der Waals surface area contributed by atoms with Gasteiger partial charge in [0.05, 0.1) is 24.6 Å². The molecule has 0 aliphatic carbocycles. The number of aryl methyl sites for hydroxylation is 1. The zero-order valence-electron chi connectivity index (χ0n) is 21.0. The number of aromatic nitrogens is 5. The van der Waals surface area contributed by atoms with Gasteiger partial charge in [0.2, 0.25) is 0 Å². The van der Waals surface area contributed by atoms with E-state index in [0.29, 0.717) is 17.9 Å². The van der Waals surface area contributed by atoms with E-state index in [1.165, 1.54) is 14.0 Å². The zero-order chi connectivity index (χ0) is 24.9. The molecule has 0 bridgehead atoms. The Hall–Kier alpha value is -3.59. The number of hydrogen-bond acceptors (Lipinski definition) is 7. The van der Waals surface area contributed by atoms with Crippen LogP contribution in [0.3, 0.4) is 0 Å². The number of nitrogens with zero attached hydrogens (tertiary/aromatic N) is 7. The van der Waals surface area contributed by atoms with Crippen LogP contribution in [-0.4, -0.2) is 70.0 Å². The average molecular weight is 478 g/mol. The molecule has 35 heavy (non-hydrogen) atoms. The number of methoxy groups -OCH3 is 1. The third kappa shape index (κ3) is 5.40. The number of likely N-dealkylation sites (N-methyl/N-ethyl adjacent to an activating group) is 1. The molecular weight excluding hydrogens is 445 g/mol. The van der Waals surface area contributed by atoms with Crippen LogP contribution in [0.2, 0.25) is 0 Å². The van der Waals surface area contributed by atoms with E-state index in [0.717, 1.165) is 48.9 Å². The number of pyridine rings is 1. The van der Waals surface area contributed by atoms with Crippen molar-refractivity contribution in [3.63, 3.8) is 0 Å². The Morgan fingerprint density at radius 2 is 1.86 bits per heavy atom. The van der Waals surface area contributed by atoms with Gasteiger partial charge >= 0.3 is 0 Å². The van der Waals surface area contributed by atoms with Crippen LogP contribution in [0.4, 0.5) is 10.2 Å². The van der Waals surface area contributed by atoms with Crippen LogP contribution in [0, 0.1) is 6.92 Å². The molecule has 8 nitrogen and oxygen atoms in total. The Morgan fingerprint density at radius 1 is 1.11 bits per heavy atom. The summed E-state index contributed by atoms with van der Waals surface area (Å²) in [6, 6.07) is 5.96. The fraction of sp³-hybridized carbons (Fsp3) is 0.385. The number of rotatable bonds is 7. The van der Waals surface area contributed by atoms with Crippen molar-refractivity contribution >= 4 is 11.4 Å². The van der Waals surface area contributed by atoms with Crippen molar-refractivity contribution in [3.8, 4) is 17.1 Å². The van der Waals surface area contributed by atoms with Crippen molar-refractivity contribution in [3.05, 3.63) is 65.8 Å². The van der Waals surface area contributed by atoms with E-state index < -0.39 is 5.83 Å². The van der Waals surface area contributed by atoms with Crippen LogP contribution in [0.1, 0.15) is 31.7 Å². The van der Waals surface area contributed by atoms with Gasteiger partial charge < -0.3 is 14.5 Å². The fourth-order valence-corrected chi connectivity index (χ4v) is 4.08. The number of piperazine rings is 1. The van der Waals surface area contributed by atoms with Crippen molar-refractivity contribution in [2.24, 2.45) is 0 Å². The topological polar surface area (TPSA) is 72.2 Å². The van der Waals surface area contributed by atoms with E-state index in [4.69, 9.17) is 14.7 Å². The smallest absolute Gasteiger partial charge is 0.166 e. The highest BCUT2D eigenvalue weighted by Gasteiger charge is 2.19. The molecule has 0 spiro atoms. The second kappa shape index (κ2) is 10.8.